The van der Waals surface area contributed by atoms with Crippen LogP contribution in [-0.4, -0.2) is 31.0 Å². The average Bonchev–Trinajstić information content (AvgIpc) is 3.32. The van der Waals surface area contributed by atoms with E-state index in [-0.39, 0.29) is 41.5 Å². The number of hydrogen-bond donors (Lipinski definition) is 2. The summed E-state index contributed by atoms with van der Waals surface area (Å²) in [4.78, 5) is 16.5. The molecule has 0 atom stereocenters. The number of nitrogens with zero attached hydrogens (tertiary/aromatic N) is 5. The topological polar surface area (TPSA) is 125 Å². The second kappa shape index (κ2) is 7.91. The summed E-state index contributed by atoms with van der Waals surface area (Å²) in [6.45, 7) is 1.70. The highest BCUT2D eigenvalue weighted by molar-refractivity contribution is 6.33. The van der Waals surface area contributed by atoms with Crippen LogP contribution in [0.4, 0.5) is 15.9 Å². The van der Waals surface area contributed by atoms with Crippen molar-refractivity contribution in [3.63, 3.8) is 0 Å². The maximum atomic E-state index is 13.1. The summed E-state index contributed by atoms with van der Waals surface area (Å²) >= 11 is 6.13. The lowest BCUT2D eigenvalue weighted by molar-refractivity contribution is -0.116. The Labute approximate surface area is 174 Å². The molecule has 0 bridgehead atoms. The van der Waals surface area contributed by atoms with Crippen LogP contribution in [-0.2, 0) is 11.3 Å². The molecule has 9 nitrogen and oxygen atoms in total. The Hall–Kier alpha value is -3.79. The van der Waals surface area contributed by atoms with Crippen LogP contribution in [0.3, 0.4) is 0 Å². The van der Waals surface area contributed by atoms with Gasteiger partial charge in [-0.15, -0.1) is 5.10 Å². The summed E-state index contributed by atoms with van der Waals surface area (Å²) in [7, 11) is 0. The molecule has 2 heterocycles. The zero-order valence-electron chi connectivity index (χ0n) is 15.6. The molecule has 11 heteroatoms. The minimum Gasteiger partial charge on any atom is -0.382 e. The fourth-order valence-electron chi connectivity index (χ4n) is 2.67. The van der Waals surface area contributed by atoms with E-state index in [1.165, 1.54) is 28.9 Å². The number of nitrogen functional groups attached to an aromatic ring is 1. The molecule has 0 saturated carbocycles. The van der Waals surface area contributed by atoms with E-state index in [2.05, 4.69) is 25.8 Å². The molecule has 0 saturated heterocycles. The van der Waals surface area contributed by atoms with Gasteiger partial charge >= 0.3 is 0 Å². The van der Waals surface area contributed by atoms with E-state index < -0.39 is 0 Å². The first-order valence-electron chi connectivity index (χ1n) is 8.75. The van der Waals surface area contributed by atoms with E-state index in [1.807, 2.05) is 13.0 Å². The summed E-state index contributed by atoms with van der Waals surface area (Å²) in [6, 6.07) is 10.9. The van der Waals surface area contributed by atoms with Gasteiger partial charge in [-0.3, -0.25) is 4.79 Å². The van der Waals surface area contributed by atoms with Crippen LogP contribution in [0, 0.1) is 12.7 Å². The Kier molecular flexibility index (Phi) is 5.15. The molecule has 1 amide bonds. The molecule has 0 fully saturated rings. The van der Waals surface area contributed by atoms with E-state index in [0.29, 0.717) is 16.3 Å². The van der Waals surface area contributed by atoms with Crippen LogP contribution < -0.4 is 11.1 Å². The highest BCUT2D eigenvalue weighted by atomic mass is 35.5. The summed E-state index contributed by atoms with van der Waals surface area (Å²) in [5, 5.41) is 14.8. The molecule has 2 aromatic heterocycles. The molecule has 0 aliphatic heterocycles. The second-order valence-electron chi connectivity index (χ2n) is 6.44. The van der Waals surface area contributed by atoms with Gasteiger partial charge in [-0.25, -0.2) is 9.07 Å². The monoisotopic (exact) mass is 427 g/mol. The third-order valence-corrected chi connectivity index (χ3v) is 4.51. The van der Waals surface area contributed by atoms with Gasteiger partial charge in [0, 0.05) is 5.56 Å². The fourth-order valence-corrected chi connectivity index (χ4v) is 2.95. The second-order valence-corrected chi connectivity index (χ2v) is 6.85. The van der Waals surface area contributed by atoms with Crippen molar-refractivity contribution in [2.75, 3.05) is 11.1 Å². The molecular weight excluding hydrogens is 413 g/mol. The fraction of sp³-hybridized carbons (Fsp3) is 0.105. The predicted octanol–water partition coefficient (Wildman–Crippen LogP) is 3.32. The van der Waals surface area contributed by atoms with E-state index in [1.54, 1.807) is 12.1 Å². The quantitative estimate of drug-likeness (QED) is 0.500. The molecule has 0 unspecified atom stereocenters. The number of carbonyl (C=O) groups excluding carboxylic acids is 1. The molecule has 152 valence electrons. The third kappa shape index (κ3) is 3.98. The zero-order chi connectivity index (χ0) is 21.3. The smallest absolute Gasteiger partial charge is 0.282 e. The number of benzene rings is 2. The van der Waals surface area contributed by atoms with E-state index in [4.69, 9.17) is 21.9 Å². The van der Waals surface area contributed by atoms with Crippen molar-refractivity contribution in [3.8, 4) is 23.0 Å². The molecule has 3 N–H and O–H groups in total. The lowest BCUT2D eigenvalue weighted by Crippen LogP contribution is -2.21. The maximum Gasteiger partial charge on any atom is 0.282 e. The summed E-state index contributed by atoms with van der Waals surface area (Å²) in [5.41, 5.74) is 8.20. The molecule has 4 rings (SSSR count). The number of carbonyl (C=O) groups is 1. The highest BCUT2D eigenvalue weighted by Gasteiger charge is 2.20. The van der Waals surface area contributed by atoms with Gasteiger partial charge < -0.3 is 15.6 Å². The number of halogens is 2. The van der Waals surface area contributed by atoms with Crippen molar-refractivity contribution in [2.24, 2.45) is 0 Å². The normalized spacial score (nSPS) is 10.9. The first-order chi connectivity index (χ1) is 14.4. The number of aromatic nitrogens is 5. The Bertz CT molecular complexity index is 1220. The van der Waals surface area contributed by atoms with Gasteiger partial charge in [0.05, 0.1) is 10.7 Å². The molecule has 30 heavy (non-hydrogen) atoms. The highest BCUT2D eigenvalue weighted by Crippen LogP contribution is 2.25. The average molecular weight is 428 g/mol. The summed E-state index contributed by atoms with van der Waals surface area (Å²) in [5.74, 6) is -0.415. The number of amides is 1. The Morgan fingerprint density at radius 3 is 2.77 bits per heavy atom. The minimum atomic E-state index is -0.388. The van der Waals surface area contributed by atoms with Crippen LogP contribution in [0.25, 0.3) is 23.0 Å². The van der Waals surface area contributed by atoms with E-state index in [9.17, 15) is 9.18 Å². The number of anilines is 2. The van der Waals surface area contributed by atoms with Crippen LogP contribution in [0.15, 0.2) is 47.0 Å². The van der Waals surface area contributed by atoms with Gasteiger partial charge in [-0.05, 0) is 48.9 Å². The van der Waals surface area contributed by atoms with Gasteiger partial charge in [-0.2, -0.15) is 4.98 Å². The van der Waals surface area contributed by atoms with Crippen molar-refractivity contribution >= 4 is 29.0 Å². The SMILES string of the molecule is Cc1ccc(NC(=O)Cn2nnc(-c3nc(-c4ccc(F)cc4)no3)c2N)c(Cl)c1. The summed E-state index contributed by atoms with van der Waals surface area (Å²) < 4.78 is 19.5. The van der Waals surface area contributed by atoms with Crippen molar-refractivity contribution in [3.05, 3.63) is 58.9 Å². The largest absolute Gasteiger partial charge is 0.382 e. The molecular formula is C19H15ClFN7O2. The zero-order valence-corrected chi connectivity index (χ0v) is 16.4. The van der Waals surface area contributed by atoms with Gasteiger partial charge in [0.2, 0.25) is 11.7 Å². The van der Waals surface area contributed by atoms with Crippen LogP contribution >= 0.6 is 11.6 Å². The molecule has 2 aromatic carbocycles. The molecule has 0 aliphatic rings. The standard InChI is InChI=1S/C19H15ClFN7O2/c1-10-2-7-14(13(20)8-10)23-15(29)9-28-17(22)16(25-27-28)19-24-18(26-30-19)11-3-5-12(21)6-4-11/h2-8H,9,22H2,1H3,(H,23,29). The number of hydrogen-bond acceptors (Lipinski definition) is 7. The number of nitrogens with one attached hydrogen (secondary N) is 1. The first kappa shape index (κ1) is 19.5. The van der Waals surface area contributed by atoms with Crippen LogP contribution in [0.5, 0.6) is 0 Å². The molecule has 0 spiro atoms. The van der Waals surface area contributed by atoms with Gasteiger partial charge in [0.15, 0.2) is 11.5 Å². The van der Waals surface area contributed by atoms with Crippen molar-refractivity contribution < 1.29 is 13.7 Å². The van der Waals surface area contributed by atoms with Crippen LogP contribution in [0.1, 0.15) is 5.56 Å². The van der Waals surface area contributed by atoms with E-state index >= 15 is 0 Å². The first-order valence-corrected chi connectivity index (χ1v) is 9.13. The lowest BCUT2D eigenvalue weighted by atomic mass is 10.2. The minimum absolute atomic E-state index is 0.0278. The Morgan fingerprint density at radius 2 is 2.03 bits per heavy atom. The van der Waals surface area contributed by atoms with Crippen molar-refractivity contribution in [1.82, 2.24) is 25.1 Å². The van der Waals surface area contributed by atoms with Crippen LogP contribution in [0.2, 0.25) is 5.02 Å². The Morgan fingerprint density at radius 1 is 1.27 bits per heavy atom. The third-order valence-electron chi connectivity index (χ3n) is 4.20. The Balaban J connectivity index is 1.50. The van der Waals surface area contributed by atoms with Gasteiger partial charge in [0.25, 0.3) is 5.89 Å². The molecule has 0 aliphatic carbocycles. The maximum absolute atomic E-state index is 13.1. The molecule has 0 radical (unpaired) electrons. The predicted molar refractivity (Wildman–Crippen MR) is 108 cm³/mol. The van der Waals surface area contributed by atoms with Crippen molar-refractivity contribution in [2.45, 2.75) is 13.5 Å². The van der Waals surface area contributed by atoms with E-state index in [0.717, 1.165) is 5.56 Å². The van der Waals surface area contributed by atoms with Gasteiger partial charge in [-0.1, -0.05) is 28.0 Å². The number of aryl methyl sites for hydroxylation is 1. The van der Waals surface area contributed by atoms with Crippen molar-refractivity contribution in [1.29, 1.82) is 0 Å². The summed E-state index contributed by atoms with van der Waals surface area (Å²) in [6.07, 6.45) is 0. The lowest BCUT2D eigenvalue weighted by Gasteiger charge is -2.08. The van der Waals surface area contributed by atoms with Gasteiger partial charge in [0.1, 0.15) is 12.4 Å². The number of rotatable bonds is 5. The number of nitrogens with two attached hydrogens (primary N) is 1. The molecule has 4 aromatic rings.